The van der Waals surface area contributed by atoms with E-state index in [1.165, 1.54) is 12.5 Å². The van der Waals surface area contributed by atoms with E-state index in [1.807, 2.05) is 28.7 Å². The SMILES string of the molecule is C[C@@H]1CCCC[C@@H]1NC(=O)/C(C#N)=C/c1ccc(I)o1. The fourth-order valence-electron chi connectivity index (χ4n) is 2.47. The zero-order chi connectivity index (χ0) is 14.5. The number of nitrogens with one attached hydrogen (secondary N) is 1. The second-order valence-corrected chi connectivity index (χ2v) is 6.22. The predicted octanol–water partition coefficient (Wildman–Crippen LogP) is 3.49. The minimum absolute atomic E-state index is 0.0912. The molecule has 1 heterocycles. The molecule has 1 aliphatic rings. The minimum Gasteiger partial charge on any atom is -0.451 e. The molecule has 0 radical (unpaired) electrons. The highest BCUT2D eigenvalue weighted by molar-refractivity contribution is 14.1. The van der Waals surface area contributed by atoms with Crippen LogP contribution in [0.1, 0.15) is 38.4 Å². The molecular weight excluding hydrogens is 367 g/mol. The zero-order valence-corrected chi connectivity index (χ0v) is 13.5. The molecule has 1 saturated carbocycles. The second-order valence-electron chi connectivity index (χ2n) is 5.15. The maximum absolute atomic E-state index is 12.2. The number of hydrogen-bond donors (Lipinski definition) is 1. The van der Waals surface area contributed by atoms with Crippen LogP contribution in [0.4, 0.5) is 0 Å². The number of furan rings is 1. The van der Waals surface area contributed by atoms with Crippen molar-refractivity contribution in [3.05, 3.63) is 27.2 Å². The first kappa shape index (κ1) is 15.1. The molecule has 1 amide bonds. The third kappa shape index (κ3) is 3.85. The number of nitriles is 1. The Morgan fingerprint density at radius 2 is 2.25 bits per heavy atom. The molecule has 1 N–H and O–H groups in total. The lowest BCUT2D eigenvalue weighted by molar-refractivity contribution is -0.118. The van der Waals surface area contributed by atoms with Crippen LogP contribution in [0.5, 0.6) is 0 Å². The summed E-state index contributed by atoms with van der Waals surface area (Å²) in [5, 5.41) is 12.1. The van der Waals surface area contributed by atoms with E-state index in [1.54, 1.807) is 12.1 Å². The Labute approximate surface area is 132 Å². The van der Waals surface area contributed by atoms with Crippen LogP contribution in [0.2, 0.25) is 0 Å². The van der Waals surface area contributed by atoms with Crippen LogP contribution >= 0.6 is 22.6 Å². The third-order valence-electron chi connectivity index (χ3n) is 3.67. The largest absolute Gasteiger partial charge is 0.451 e. The average molecular weight is 384 g/mol. The number of hydrogen-bond acceptors (Lipinski definition) is 3. The molecule has 2 rings (SSSR count). The van der Waals surface area contributed by atoms with Crippen molar-refractivity contribution in [3.63, 3.8) is 0 Å². The van der Waals surface area contributed by atoms with E-state index in [4.69, 9.17) is 9.68 Å². The van der Waals surface area contributed by atoms with E-state index in [0.29, 0.717) is 11.7 Å². The predicted molar refractivity (Wildman–Crippen MR) is 84.6 cm³/mol. The second kappa shape index (κ2) is 6.93. The topological polar surface area (TPSA) is 66.0 Å². The standard InChI is InChI=1S/C15H17IN2O2/c1-10-4-2-3-5-13(10)18-15(19)11(9-17)8-12-6-7-14(16)20-12/h6-8,10,13H,2-5H2,1H3,(H,18,19)/b11-8+/t10-,13+/m1/s1. The van der Waals surface area contributed by atoms with Crippen molar-refractivity contribution in [2.24, 2.45) is 5.92 Å². The van der Waals surface area contributed by atoms with Gasteiger partial charge in [0.25, 0.3) is 5.91 Å². The lowest BCUT2D eigenvalue weighted by Crippen LogP contribution is -2.41. The van der Waals surface area contributed by atoms with Gasteiger partial charge in [-0.15, -0.1) is 0 Å². The van der Waals surface area contributed by atoms with Gasteiger partial charge < -0.3 is 9.73 Å². The molecule has 1 aromatic rings. The summed E-state index contributed by atoms with van der Waals surface area (Å²) < 4.78 is 6.09. The first-order valence-corrected chi connectivity index (χ1v) is 7.86. The van der Waals surface area contributed by atoms with Crippen LogP contribution in [0, 0.1) is 21.0 Å². The number of nitrogens with zero attached hydrogens (tertiary/aromatic N) is 1. The van der Waals surface area contributed by atoms with Gasteiger partial charge in [0.05, 0.1) is 0 Å². The van der Waals surface area contributed by atoms with E-state index in [9.17, 15) is 4.79 Å². The molecule has 20 heavy (non-hydrogen) atoms. The molecule has 1 aromatic heterocycles. The molecule has 0 saturated heterocycles. The summed E-state index contributed by atoms with van der Waals surface area (Å²) in [4.78, 5) is 12.2. The Morgan fingerprint density at radius 3 is 2.85 bits per heavy atom. The smallest absolute Gasteiger partial charge is 0.262 e. The van der Waals surface area contributed by atoms with Crippen molar-refractivity contribution in [1.29, 1.82) is 5.26 Å². The zero-order valence-electron chi connectivity index (χ0n) is 11.4. The Bertz CT molecular complexity index is 556. The van der Waals surface area contributed by atoms with Gasteiger partial charge in [-0.1, -0.05) is 19.8 Å². The number of amides is 1. The van der Waals surface area contributed by atoms with Crippen molar-refractivity contribution in [2.45, 2.75) is 38.6 Å². The molecule has 0 aliphatic heterocycles. The molecule has 1 aliphatic carbocycles. The van der Waals surface area contributed by atoms with E-state index < -0.39 is 0 Å². The highest BCUT2D eigenvalue weighted by Crippen LogP contribution is 2.24. The Balaban J connectivity index is 2.06. The van der Waals surface area contributed by atoms with Crippen LogP contribution in [-0.4, -0.2) is 11.9 Å². The highest BCUT2D eigenvalue weighted by atomic mass is 127. The molecule has 2 atom stereocenters. The molecule has 0 bridgehead atoms. The van der Waals surface area contributed by atoms with Crippen LogP contribution in [0.15, 0.2) is 22.1 Å². The molecular formula is C15H17IN2O2. The van der Waals surface area contributed by atoms with Crippen molar-refractivity contribution < 1.29 is 9.21 Å². The summed E-state index contributed by atoms with van der Waals surface area (Å²) in [6, 6.07) is 5.66. The van der Waals surface area contributed by atoms with E-state index in [0.717, 1.165) is 23.0 Å². The van der Waals surface area contributed by atoms with Crippen LogP contribution in [0.3, 0.4) is 0 Å². The Morgan fingerprint density at radius 1 is 1.50 bits per heavy atom. The van der Waals surface area contributed by atoms with Gasteiger partial charge >= 0.3 is 0 Å². The first-order chi connectivity index (χ1) is 9.60. The maximum atomic E-state index is 12.2. The van der Waals surface area contributed by atoms with Gasteiger partial charge in [-0.25, -0.2) is 0 Å². The van der Waals surface area contributed by atoms with Crippen molar-refractivity contribution in [1.82, 2.24) is 5.32 Å². The number of carbonyl (C=O) groups is 1. The summed E-state index contributed by atoms with van der Waals surface area (Å²) in [6.45, 7) is 2.15. The quantitative estimate of drug-likeness (QED) is 0.493. The van der Waals surface area contributed by atoms with Crippen molar-refractivity contribution >= 4 is 34.6 Å². The molecule has 1 fully saturated rings. The van der Waals surface area contributed by atoms with Gasteiger partial charge in [0.1, 0.15) is 17.4 Å². The van der Waals surface area contributed by atoms with E-state index in [-0.39, 0.29) is 17.5 Å². The average Bonchev–Trinajstić information content (AvgIpc) is 2.84. The molecule has 106 valence electrons. The maximum Gasteiger partial charge on any atom is 0.262 e. The monoisotopic (exact) mass is 384 g/mol. The summed E-state index contributed by atoms with van der Waals surface area (Å²) in [6.07, 6.45) is 5.97. The molecule has 4 nitrogen and oxygen atoms in total. The summed E-state index contributed by atoms with van der Waals surface area (Å²) in [7, 11) is 0. The number of halogens is 1. The van der Waals surface area contributed by atoms with E-state index in [2.05, 4.69) is 12.2 Å². The summed E-state index contributed by atoms with van der Waals surface area (Å²) in [5.74, 6) is 0.688. The molecule has 5 heteroatoms. The normalized spacial score (nSPS) is 23.1. The molecule has 0 aromatic carbocycles. The van der Waals surface area contributed by atoms with Gasteiger partial charge in [-0.3, -0.25) is 4.79 Å². The lowest BCUT2D eigenvalue weighted by atomic mass is 9.86. The minimum atomic E-state index is -0.308. The van der Waals surface area contributed by atoms with Crippen LogP contribution < -0.4 is 5.32 Å². The van der Waals surface area contributed by atoms with Crippen molar-refractivity contribution in [3.8, 4) is 6.07 Å². The number of rotatable bonds is 3. The fourth-order valence-corrected chi connectivity index (χ4v) is 2.91. The van der Waals surface area contributed by atoms with Gasteiger partial charge in [-0.2, -0.15) is 5.26 Å². The lowest BCUT2D eigenvalue weighted by Gasteiger charge is -2.29. The van der Waals surface area contributed by atoms with Gasteiger partial charge in [-0.05, 0) is 53.5 Å². The Kier molecular flexibility index (Phi) is 5.24. The number of carbonyl (C=O) groups excluding carboxylic acids is 1. The fraction of sp³-hybridized carbons (Fsp3) is 0.467. The first-order valence-electron chi connectivity index (χ1n) is 6.78. The molecule has 0 unspecified atom stereocenters. The third-order valence-corrected chi connectivity index (χ3v) is 4.25. The van der Waals surface area contributed by atoms with Gasteiger partial charge in [0.2, 0.25) is 0 Å². The van der Waals surface area contributed by atoms with Gasteiger partial charge in [0, 0.05) is 12.1 Å². The summed E-state index contributed by atoms with van der Waals surface area (Å²) in [5.41, 5.74) is 0.0912. The van der Waals surface area contributed by atoms with Crippen LogP contribution in [0.25, 0.3) is 6.08 Å². The summed E-state index contributed by atoms with van der Waals surface area (Å²) >= 11 is 2.04. The van der Waals surface area contributed by atoms with Gasteiger partial charge in [0.15, 0.2) is 3.77 Å². The van der Waals surface area contributed by atoms with Crippen molar-refractivity contribution in [2.75, 3.05) is 0 Å². The Hall–Kier alpha value is -1.29. The van der Waals surface area contributed by atoms with E-state index >= 15 is 0 Å². The highest BCUT2D eigenvalue weighted by Gasteiger charge is 2.24. The van der Waals surface area contributed by atoms with Crippen LogP contribution in [-0.2, 0) is 4.79 Å². The molecule has 0 spiro atoms.